The number of amides is 1. The van der Waals surface area contributed by atoms with Crippen molar-refractivity contribution in [1.29, 1.82) is 0 Å². The predicted octanol–water partition coefficient (Wildman–Crippen LogP) is 2.44. The molecule has 0 radical (unpaired) electrons. The maximum absolute atomic E-state index is 12.1. The van der Waals surface area contributed by atoms with E-state index in [1.165, 1.54) is 6.20 Å². The highest BCUT2D eigenvalue weighted by Gasteiger charge is 2.40. The quantitative estimate of drug-likeness (QED) is 0.815. The number of hydrogen-bond donors (Lipinski definition) is 2. The zero-order valence-electron chi connectivity index (χ0n) is 10.5. The summed E-state index contributed by atoms with van der Waals surface area (Å²) < 4.78 is 0. The van der Waals surface area contributed by atoms with Crippen molar-refractivity contribution >= 4 is 23.2 Å². The predicted molar refractivity (Wildman–Crippen MR) is 69.9 cm³/mol. The number of carbonyl (C=O) groups excluding carboxylic acids is 1. The molecule has 0 aliphatic heterocycles. The van der Waals surface area contributed by atoms with Gasteiger partial charge in [0.1, 0.15) is 5.15 Å². The first kappa shape index (κ1) is 13.9. The Morgan fingerprint density at radius 1 is 1.35 bits per heavy atom. The summed E-state index contributed by atoms with van der Waals surface area (Å²) in [6.07, 6.45) is 1.51. The fraction of sp³-hybridized carbons (Fsp3) is 0.500. The number of nitrogens with zero attached hydrogens (tertiary/aromatic N) is 1. The van der Waals surface area contributed by atoms with Crippen LogP contribution in [0.2, 0.25) is 5.15 Å². The van der Waals surface area contributed by atoms with E-state index in [0.29, 0.717) is 10.8 Å². The highest BCUT2D eigenvalue weighted by molar-refractivity contribution is 6.29. The van der Waals surface area contributed by atoms with Crippen molar-refractivity contribution in [3.63, 3.8) is 0 Å². The van der Waals surface area contributed by atoms with Crippen molar-refractivity contribution in [3.05, 3.63) is 23.5 Å². The highest BCUT2D eigenvalue weighted by Crippen LogP contribution is 2.29. The van der Waals surface area contributed by atoms with Crippen LogP contribution < -0.4 is 11.1 Å². The van der Waals surface area contributed by atoms with Crippen molar-refractivity contribution in [3.8, 4) is 0 Å². The Labute approximate surface area is 107 Å². The molecule has 1 heterocycles. The molecule has 0 aliphatic carbocycles. The summed E-state index contributed by atoms with van der Waals surface area (Å²) in [6, 6.07) is 3.32. The first-order valence-corrected chi connectivity index (χ1v) is 5.74. The summed E-state index contributed by atoms with van der Waals surface area (Å²) in [5.41, 5.74) is 5.30. The third-order valence-electron chi connectivity index (χ3n) is 3.16. The lowest BCUT2D eigenvalue weighted by Crippen LogP contribution is -2.53. The van der Waals surface area contributed by atoms with Gasteiger partial charge in [0, 0.05) is 5.54 Å². The van der Waals surface area contributed by atoms with Gasteiger partial charge in [0.05, 0.1) is 17.3 Å². The number of nitrogens with two attached hydrogens (primary N) is 1. The lowest BCUT2D eigenvalue weighted by molar-refractivity contribution is -0.126. The minimum Gasteiger partial charge on any atom is -0.325 e. The SMILES string of the molecule is CC(C)(N)C(C)(C)C(=O)Nc1ccc(Cl)nc1. The number of hydrogen-bond acceptors (Lipinski definition) is 3. The van der Waals surface area contributed by atoms with E-state index in [-0.39, 0.29) is 5.91 Å². The average molecular weight is 256 g/mol. The van der Waals surface area contributed by atoms with Crippen LogP contribution in [0.4, 0.5) is 5.69 Å². The van der Waals surface area contributed by atoms with Crippen LogP contribution in [0.1, 0.15) is 27.7 Å². The fourth-order valence-electron chi connectivity index (χ4n) is 1.03. The first-order valence-electron chi connectivity index (χ1n) is 5.36. The van der Waals surface area contributed by atoms with Gasteiger partial charge in [0.25, 0.3) is 0 Å². The Bertz CT molecular complexity index is 407. The summed E-state index contributed by atoms with van der Waals surface area (Å²) in [5, 5.41) is 3.17. The van der Waals surface area contributed by atoms with E-state index in [0.717, 1.165) is 0 Å². The summed E-state index contributed by atoms with van der Waals surface area (Å²) in [5.74, 6) is -0.144. The molecule has 1 amide bonds. The van der Waals surface area contributed by atoms with Gasteiger partial charge in [0.2, 0.25) is 5.91 Å². The fourth-order valence-corrected chi connectivity index (χ4v) is 1.14. The number of rotatable bonds is 3. The van der Waals surface area contributed by atoms with Gasteiger partial charge in [-0.2, -0.15) is 0 Å². The summed E-state index contributed by atoms with van der Waals surface area (Å²) in [4.78, 5) is 16.0. The number of carbonyl (C=O) groups is 1. The molecule has 0 atom stereocenters. The largest absolute Gasteiger partial charge is 0.325 e. The van der Waals surface area contributed by atoms with Crippen LogP contribution in [0.25, 0.3) is 0 Å². The van der Waals surface area contributed by atoms with Gasteiger partial charge in [0.15, 0.2) is 0 Å². The second-order valence-electron chi connectivity index (χ2n) is 5.17. The van der Waals surface area contributed by atoms with E-state index < -0.39 is 11.0 Å². The summed E-state index contributed by atoms with van der Waals surface area (Å²) >= 11 is 5.67. The van der Waals surface area contributed by atoms with Crippen molar-refractivity contribution in [2.75, 3.05) is 5.32 Å². The van der Waals surface area contributed by atoms with Gasteiger partial charge in [-0.15, -0.1) is 0 Å². The van der Waals surface area contributed by atoms with E-state index in [1.54, 1.807) is 12.1 Å². The second-order valence-corrected chi connectivity index (χ2v) is 5.56. The van der Waals surface area contributed by atoms with Gasteiger partial charge in [-0.3, -0.25) is 4.79 Å². The average Bonchev–Trinajstić information content (AvgIpc) is 2.19. The molecule has 1 aromatic rings. The smallest absolute Gasteiger partial charge is 0.231 e. The zero-order chi connectivity index (χ0) is 13.3. The monoisotopic (exact) mass is 255 g/mol. The maximum Gasteiger partial charge on any atom is 0.231 e. The standard InChI is InChI=1S/C12H18ClN3O/c1-11(2,12(3,4)14)10(17)16-8-5-6-9(13)15-7-8/h5-7H,14H2,1-4H3,(H,16,17). The maximum atomic E-state index is 12.1. The molecule has 17 heavy (non-hydrogen) atoms. The number of nitrogens with one attached hydrogen (secondary N) is 1. The van der Waals surface area contributed by atoms with Crippen LogP contribution in [-0.2, 0) is 4.79 Å². The molecule has 1 rings (SSSR count). The van der Waals surface area contributed by atoms with E-state index in [1.807, 2.05) is 27.7 Å². The third kappa shape index (κ3) is 3.17. The summed E-state index contributed by atoms with van der Waals surface area (Å²) in [7, 11) is 0. The molecule has 0 saturated heterocycles. The molecular weight excluding hydrogens is 238 g/mol. The Kier molecular flexibility index (Phi) is 3.79. The molecule has 0 aromatic carbocycles. The molecule has 0 spiro atoms. The minimum atomic E-state index is -0.688. The molecular formula is C12H18ClN3O. The van der Waals surface area contributed by atoms with Crippen molar-refractivity contribution < 1.29 is 4.79 Å². The normalized spacial score (nSPS) is 12.4. The third-order valence-corrected chi connectivity index (χ3v) is 3.39. The van der Waals surface area contributed by atoms with Crippen LogP contribution in [0, 0.1) is 5.41 Å². The Hall–Kier alpha value is -1.13. The van der Waals surface area contributed by atoms with Gasteiger partial charge >= 0.3 is 0 Å². The van der Waals surface area contributed by atoms with Crippen LogP contribution in [0.3, 0.4) is 0 Å². The molecule has 3 N–H and O–H groups in total. The number of anilines is 1. The van der Waals surface area contributed by atoms with Gasteiger partial charge in [-0.05, 0) is 39.8 Å². The molecule has 94 valence electrons. The van der Waals surface area contributed by atoms with Crippen LogP contribution in [-0.4, -0.2) is 16.4 Å². The van der Waals surface area contributed by atoms with Crippen molar-refractivity contribution in [1.82, 2.24) is 4.98 Å². The molecule has 0 saturated carbocycles. The summed E-state index contributed by atoms with van der Waals surface area (Å²) in [6.45, 7) is 7.27. The topological polar surface area (TPSA) is 68.0 Å². The van der Waals surface area contributed by atoms with Crippen LogP contribution >= 0.6 is 11.6 Å². The van der Waals surface area contributed by atoms with Gasteiger partial charge in [-0.1, -0.05) is 11.6 Å². The highest BCUT2D eigenvalue weighted by atomic mass is 35.5. The molecule has 0 aliphatic rings. The molecule has 0 unspecified atom stereocenters. The van der Waals surface area contributed by atoms with Crippen molar-refractivity contribution in [2.45, 2.75) is 33.2 Å². The Morgan fingerprint density at radius 2 is 1.94 bits per heavy atom. The number of pyridine rings is 1. The molecule has 5 heteroatoms. The number of halogens is 1. The Balaban J connectivity index is 2.83. The van der Waals surface area contributed by atoms with Gasteiger partial charge < -0.3 is 11.1 Å². The Morgan fingerprint density at radius 3 is 2.35 bits per heavy atom. The number of aromatic nitrogens is 1. The molecule has 1 aromatic heterocycles. The second kappa shape index (κ2) is 4.63. The molecule has 4 nitrogen and oxygen atoms in total. The minimum absolute atomic E-state index is 0.144. The van der Waals surface area contributed by atoms with Crippen LogP contribution in [0.15, 0.2) is 18.3 Å². The lowest BCUT2D eigenvalue weighted by Gasteiger charge is -2.36. The lowest BCUT2D eigenvalue weighted by atomic mass is 9.74. The van der Waals surface area contributed by atoms with E-state index in [4.69, 9.17) is 17.3 Å². The molecule has 0 fully saturated rings. The van der Waals surface area contributed by atoms with Crippen molar-refractivity contribution in [2.24, 2.45) is 11.1 Å². The van der Waals surface area contributed by atoms with Crippen LogP contribution in [0.5, 0.6) is 0 Å². The van der Waals surface area contributed by atoms with E-state index >= 15 is 0 Å². The van der Waals surface area contributed by atoms with Gasteiger partial charge in [-0.25, -0.2) is 4.98 Å². The zero-order valence-corrected chi connectivity index (χ0v) is 11.3. The van der Waals surface area contributed by atoms with E-state index in [9.17, 15) is 4.79 Å². The first-order chi connectivity index (χ1) is 7.64. The van der Waals surface area contributed by atoms with E-state index in [2.05, 4.69) is 10.3 Å². The molecule has 0 bridgehead atoms.